The Bertz CT molecular complexity index is 4580. The number of para-hydroxylation sites is 2. The molecular formula is C87H137N27O16S. The Hall–Kier alpha value is -12.5. The molecule has 0 bridgehead atoms. The summed E-state index contributed by atoms with van der Waals surface area (Å²) in [6.45, 7) is 4.51. The number of unbranched alkanes of at least 4 members (excludes halogenated alkanes) is 4. The molecule has 0 saturated heterocycles. The molecule has 5 aromatic rings. The van der Waals surface area contributed by atoms with Crippen molar-refractivity contribution in [2.45, 2.75) is 246 Å². The molecule has 0 saturated carbocycles. The zero-order valence-corrected chi connectivity index (χ0v) is 75.7. The number of primary amides is 2. The van der Waals surface area contributed by atoms with Gasteiger partial charge < -0.3 is 141 Å². The van der Waals surface area contributed by atoms with Crippen LogP contribution in [0, 0.1) is 16.7 Å². The molecule has 0 aliphatic rings. The molecule has 14 amide bonds. The number of rotatable bonds is 65. The molecule has 14 atom stereocenters. The Balaban J connectivity index is 1.48. The zero-order chi connectivity index (χ0) is 96.5. The summed E-state index contributed by atoms with van der Waals surface area (Å²) >= 11 is 1.29. The van der Waals surface area contributed by atoms with E-state index < -0.39 is 204 Å². The summed E-state index contributed by atoms with van der Waals surface area (Å²) < 4.78 is 0. The number of hydrogen-bond donors (Lipinski definition) is 28. The molecule has 0 aliphatic carbocycles. The molecule has 0 radical (unpaired) electrons. The summed E-state index contributed by atoms with van der Waals surface area (Å²) in [5, 5.41) is 64.3. The lowest BCUT2D eigenvalue weighted by atomic mass is 9.96. The van der Waals surface area contributed by atoms with Crippen LogP contribution in [0.5, 0.6) is 0 Å². The number of guanidine groups is 2. The Morgan fingerprint density at radius 1 is 0.382 bits per heavy atom. The van der Waals surface area contributed by atoms with Gasteiger partial charge in [0.1, 0.15) is 72.5 Å². The topological polar surface area (TPSA) is 758 Å². The normalized spacial score (nSPS) is 14.4. The van der Waals surface area contributed by atoms with Crippen molar-refractivity contribution >= 4 is 134 Å². The average Bonchev–Trinajstić information content (AvgIpc) is 1.73. The molecule has 2 heterocycles. The molecule has 3 aromatic carbocycles. The van der Waals surface area contributed by atoms with Crippen molar-refractivity contribution in [3.05, 3.63) is 108 Å². The van der Waals surface area contributed by atoms with Crippen LogP contribution in [0.1, 0.15) is 165 Å². The summed E-state index contributed by atoms with van der Waals surface area (Å²) in [5.74, 6) is -15.8. The van der Waals surface area contributed by atoms with Gasteiger partial charge in [-0.15, -0.1) is 0 Å². The molecule has 43 nitrogen and oxygen atoms in total. The highest BCUT2D eigenvalue weighted by molar-refractivity contribution is 7.98. The van der Waals surface area contributed by atoms with Gasteiger partial charge in [-0.05, 0) is 182 Å². The number of benzene rings is 3. The SMILES string of the molecule is CC[C@H](C)[C@H](NC(=O)[C@@H](N)CCCCN)C(=O)N[C@@H](Cc1c[nH]c2ccccc12)C(=O)N[C@@H](Cc1ccccc1)C(=O)N[C@@H](CCC(N)=O)C(=O)N[C@@H](CC(N)=O)C(=O)N[C@@H](CCCNC(=N)N)C(=O)N[C@@H](CCCNC(=N)N)C(=O)N[C@@H](CCSC)C(=O)N[C@@H](CCCCN)C(=O)N[C@@H](Cc1c[nH]c2ccccc12)C(=O)N[C@@H](CCCCN)C(=O)N[C@@H](CCCCN)C(=O)O. The number of carbonyl (C=O) groups is 15. The van der Waals surface area contributed by atoms with Gasteiger partial charge in [-0.1, -0.05) is 93.4 Å². The van der Waals surface area contributed by atoms with Gasteiger partial charge in [0.2, 0.25) is 82.7 Å². The summed E-state index contributed by atoms with van der Waals surface area (Å²) in [7, 11) is 0. The molecule has 0 aliphatic heterocycles. The number of hydrogen-bond acceptors (Lipinski definition) is 23. The van der Waals surface area contributed by atoms with E-state index in [0.717, 1.165) is 0 Å². The van der Waals surface area contributed by atoms with E-state index in [0.29, 0.717) is 96.4 Å². The number of H-pyrrole nitrogens is 2. The number of aromatic amines is 2. The van der Waals surface area contributed by atoms with Gasteiger partial charge in [0.05, 0.1) is 12.5 Å². The van der Waals surface area contributed by atoms with Crippen molar-refractivity contribution in [3.8, 4) is 0 Å². The summed E-state index contributed by atoms with van der Waals surface area (Å²) in [4.78, 5) is 222. The first-order chi connectivity index (χ1) is 62.6. The van der Waals surface area contributed by atoms with E-state index in [2.05, 4.69) is 84.4 Å². The third-order valence-electron chi connectivity index (χ3n) is 22.0. The van der Waals surface area contributed by atoms with Gasteiger partial charge in [-0.2, -0.15) is 11.8 Å². The molecule has 44 heteroatoms. The maximum atomic E-state index is 15.1. The average molecular weight is 1850 g/mol. The molecule has 5 rings (SSSR count). The van der Waals surface area contributed by atoms with Gasteiger partial charge in [-0.3, -0.25) is 77.9 Å². The molecule has 0 unspecified atom stereocenters. The van der Waals surface area contributed by atoms with Crippen LogP contribution < -0.4 is 126 Å². The maximum Gasteiger partial charge on any atom is 0.326 e. The van der Waals surface area contributed by atoms with E-state index in [1.165, 1.54) is 11.8 Å². The first-order valence-electron chi connectivity index (χ1n) is 44.4. The lowest BCUT2D eigenvalue weighted by Gasteiger charge is -2.29. The number of aromatic nitrogens is 2. The lowest BCUT2D eigenvalue weighted by Crippen LogP contribution is -2.61. The van der Waals surface area contributed by atoms with Crippen LogP contribution in [-0.2, 0) is 91.2 Å². The fourth-order valence-electron chi connectivity index (χ4n) is 14.4. The Kier molecular flexibility index (Phi) is 49.0. The molecule has 37 N–H and O–H groups in total. The largest absolute Gasteiger partial charge is 0.480 e. The lowest BCUT2D eigenvalue weighted by molar-refractivity contribution is -0.142. The second kappa shape index (κ2) is 58.9. The number of thioether (sulfide) groups is 1. The molecular weight excluding hydrogens is 1710 g/mol. The Morgan fingerprint density at radius 3 is 1.11 bits per heavy atom. The van der Waals surface area contributed by atoms with Gasteiger partial charge in [0.25, 0.3) is 0 Å². The predicted molar refractivity (Wildman–Crippen MR) is 498 cm³/mol. The van der Waals surface area contributed by atoms with E-state index in [1.807, 2.05) is 6.92 Å². The van der Waals surface area contributed by atoms with Crippen LogP contribution in [0.15, 0.2) is 91.3 Å². The van der Waals surface area contributed by atoms with E-state index in [4.69, 9.17) is 62.4 Å². The van der Waals surface area contributed by atoms with Crippen LogP contribution in [0.4, 0.5) is 0 Å². The zero-order valence-electron chi connectivity index (χ0n) is 74.8. The number of amides is 14. The highest BCUT2D eigenvalue weighted by Gasteiger charge is 2.39. The number of aliphatic carboxylic acids is 1. The third-order valence-corrected chi connectivity index (χ3v) is 22.7. The van der Waals surface area contributed by atoms with Gasteiger partial charge in [0.15, 0.2) is 11.9 Å². The quantitative estimate of drug-likeness (QED) is 0.0104. The molecule has 722 valence electrons. The summed E-state index contributed by atoms with van der Waals surface area (Å²) in [6, 6.07) is 3.32. The van der Waals surface area contributed by atoms with Crippen molar-refractivity contribution in [1.82, 2.24) is 84.4 Å². The van der Waals surface area contributed by atoms with Crippen molar-refractivity contribution in [2.24, 2.45) is 57.5 Å². The van der Waals surface area contributed by atoms with Crippen molar-refractivity contribution < 1.29 is 77.0 Å². The van der Waals surface area contributed by atoms with Crippen molar-refractivity contribution in [1.29, 1.82) is 10.8 Å². The Labute approximate surface area is 766 Å². The first-order valence-corrected chi connectivity index (χ1v) is 45.8. The molecule has 2 aromatic heterocycles. The summed E-state index contributed by atoms with van der Waals surface area (Å²) in [5.41, 5.74) is 55.0. The number of fused-ring (bicyclic) bond motifs is 2. The van der Waals surface area contributed by atoms with Crippen LogP contribution in [0.25, 0.3) is 21.8 Å². The van der Waals surface area contributed by atoms with E-state index in [9.17, 15) is 53.1 Å². The number of nitrogens with one attached hydrogen (secondary N) is 18. The fraction of sp³-hybridized carbons (Fsp3) is 0.552. The minimum absolute atomic E-state index is 0.00525. The monoisotopic (exact) mass is 1850 g/mol. The standard InChI is InChI=1S/C87H137N27O16S/c1-4-50(2)72(114-73(117)56(92)26-12-16-37-88)84(128)113-68(46-53-49-102-58-28-11-9-25-55(53)58)82(126)110-66(44-51-22-6-5-7-23-51)80(124)107-63(34-35-70(93)115)78(122)112-69(47-71(94)116)83(127)106-62(33-21-42-100-87(97)98)74(118)104-61(32-20-41-99-86(95)96)75(119)108-64(36-43-131-3)79(123)103-60(30-14-18-39-90)77(121)111-67(45-52-48-101-57-27-10-8-24-54(52)57)81(125)105-59(29-13-17-38-89)76(120)109-65(85(129)130)31-15-19-40-91/h5-11,22-25,27-28,48-50,56,59-69,72,101-102H,4,12-21,26,29-47,88-92H2,1-3H3,(H2,93,115)(H2,94,116)(H,103,123)(H,104,118)(H,105,125)(H,106,127)(H,107,124)(H,108,119)(H,109,120)(H,110,126)(H,111,121)(H,112,122)(H,113,128)(H,114,117)(H,129,130)(H4,95,96,99)(H4,97,98,100)/t50-,56-,59-,60-,61-,62-,63-,64-,65-,66-,67-,68-,69-,72-/m0/s1. The first kappa shape index (κ1) is 109. The fourth-order valence-corrected chi connectivity index (χ4v) is 14.9. The van der Waals surface area contributed by atoms with Crippen LogP contribution in [0.2, 0.25) is 0 Å². The number of carbonyl (C=O) groups excluding carboxylic acids is 14. The van der Waals surface area contributed by atoms with Crippen LogP contribution in [0.3, 0.4) is 0 Å². The highest BCUT2D eigenvalue weighted by Crippen LogP contribution is 2.23. The number of nitrogens with two attached hydrogens (primary N) is 9. The second-order valence-corrected chi connectivity index (χ2v) is 33.4. The third kappa shape index (κ3) is 39.0. The Morgan fingerprint density at radius 2 is 0.718 bits per heavy atom. The minimum Gasteiger partial charge on any atom is -0.480 e. The highest BCUT2D eigenvalue weighted by atomic mass is 32.2. The van der Waals surface area contributed by atoms with Gasteiger partial charge in [-0.25, -0.2) is 4.79 Å². The van der Waals surface area contributed by atoms with E-state index >= 15 is 24.0 Å². The van der Waals surface area contributed by atoms with E-state index in [1.54, 1.807) is 104 Å². The second-order valence-electron chi connectivity index (χ2n) is 32.4. The van der Waals surface area contributed by atoms with Crippen molar-refractivity contribution in [2.75, 3.05) is 51.3 Å². The van der Waals surface area contributed by atoms with Crippen LogP contribution in [-0.4, -0.2) is 245 Å². The van der Waals surface area contributed by atoms with Crippen LogP contribution >= 0.6 is 11.8 Å². The molecule has 131 heavy (non-hydrogen) atoms. The van der Waals surface area contributed by atoms with Gasteiger partial charge >= 0.3 is 5.97 Å². The number of carboxylic acids is 1. The number of carboxylic acid groups (broad SMARTS) is 1. The van der Waals surface area contributed by atoms with E-state index in [-0.39, 0.29) is 122 Å². The molecule has 0 spiro atoms. The minimum atomic E-state index is -1.99. The predicted octanol–water partition coefficient (Wildman–Crippen LogP) is -3.11. The van der Waals surface area contributed by atoms with Gasteiger partial charge in [0, 0.05) is 73.0 Å². The summed E-state index contributed by atoms with van der Waals surface area (Å²) in [6.07, 6.45) is 5.74. The van der Waals surface area contributed by atoms with Crippen molar-refractivity contribution in [3.63, 3.8) is 0 Å². The smallest absolute Gasteiger partial charge is 0.326 e. The molecule has 0 fully saturated rings. The maximum absolute atomic E-state index is 15.1.